The van der Waals surface area contributed by atoms with E-state index in [1.165, 1.54) is 4.31 Å². The smallest absolute Gasteiger partial charge is 0.252 e. The van der Waals surface area contributed by atoms with Crippen LogP contribution in [0.15, 0.2) is 58.2 Å². The van der Waals surface area contributed by atoms with Crippen LogP contribution in [0, 0.1) is 6.92 Å². The Hall–Kier alpha value is -2.64. The summed E-state index contributed by atoms with van der Waals surface area (Å²) in [5.41, 5.74) is 1.86. The van der Waals surface area contributed by atoms with Gasteiger partial charge in [-0.3, -0.25) is 4.79 Å². The summed E-state index contributed by atoms with van der Waals surface area (Å²) in [6.45, 7) is 1.97. The third-order valence-electron chi connectivity index (χ3n) is 6.06. The largest absolute Gasteiger partial charge is 0.497 e. The van der Waals surface area contributed by atoms with E-state index in [9.17, 15) is 13.2 Å². The summed E-state index contributed by atoms with van der Waals surface area (Å²) in [5, 5.41) is 0.810. The summed E-state index contributed by atoms with van der Waals surface area (Å²) in [6.07, 6.45) is 4.73. The van der Waals surface area contributed by atoms with Gasteiger partial charge in [-0.1, -0.05) is 37.0 Å². The van der Waals surface area contributed by atoms with Crippen molar-refractivity contribution in [2.24, 2.45) is 0 Å². The van der Waals surface area contributed by atoms with Crippen LogP contribution in [-0.2, 0) is 16.6 Å². The molecule has 1 aliphatic rings. The zero-order chi connectivity index (χ0) is 22.0. The predicted octanol–water partition coefficient (Wildman–Crippen LogP) is 4.37. The number of methoxy groups -OCH3 is 1. The van der Waals surface area contributed by atoms with Crippen LogP contribution in [0.4, 0.5) is 0 Å². The van der Waals surface area contributed by atoms with E-state index in [-0.39, 0.29) is 23.0 Å². The maximum absolute atomic E-state index is 13.6. The van der Waals surface area contributed by atoms with Crippen molar-refractivity contribution >= 4 is 20.9 Å². The molecule has 2 aromatic carbocycles. The van der Waals surface area contributed by atoms with Gasteiger partial charge >= 0.3 is 0 Å². The first-order chi connectivity index (χ1) is 14.9. The molecule has 1 fully saturated rings. The van der Waals surface area contributed by atoms with E-state index in [1.807, 2.05) is 13.0 Å². The number of benzene rings is 2. The van der Waals surface area contributed by atoms with Crippen LogP contribution in [0.25, 0.3) is 10.9 Å². The van der Waals surface area contributed by atoms with Gasteiger partial charge in [0.2, 0.25) is 10.0 Å². The molecule has 0 unspecified atom stereocenters. The molecule has 1 aromatic heterocycles. The maximum Gasteiger partial charge on any atom is 0.252 e. The Labute approximate surface area is 182 Å². The Balaban J connectivity index is 1.76. The summed E-state index contributed by atoms with van der Waals surface area (Å²) in [5.74, 6) is 0.682. The van der Waals surface area contributed by atoms with Crippen molar-refractivity contribution < 1.29 is 13.2 Å². The topological polar surface area (TPSA) is 79.5 Å². The lowest BCUT2D eigenvalue weighted by Crippen LogP contribution is -2.42. The summed E-state index contributed by atoms with van der Waals surface area (Å²) < 4.78 is 34.1. The van der Waals surface area contributed by atoms with Gasteiger partial charge in [-0.15, -0.1) is 0 Å². The molecule has 7 heteroatoms. The number of ether oxygens (including phenoxy) is 1. The molecule has 4 rings (SSSR count). The van der Waals surface area contributed by atoms with E-state index in [0.29, 0.717) is 16.8 Å². The molecule has 0 saturated heterocycles. The number of nitrogens with one attached hydrogen (secondary N) is 1. The summed E-state index contributed by atoms with van der Waals surface area (Å²) in [7, 11) is -2.15. The lowest BCUT2D eigenvalue weighted by molar-refractivity contribution is 0.247. The second-order valence-electron chi connectivity index (χ2n) is 8.23. The van der Waals surface area contributed by atoms with E-state index in [1.54, 1.807) is 49.6 Å². The number of fused-ring (bicyclic) bond motifs is 1. The number of rotatable bonds is 6. The zero-order valence-electron chi connectivity index (χ0n) is 17.9. The Kier molecular flexibility index (Phi) is 6.16. The van der Waals surface area contributed by atoms with Crippen LogP contribution in [0.5, 0.6) is 5.75 Å². The molecule has 0 radical (unpaired) electrons. The first-order valence-electron chi connectivity index (χ1n) is 10.7. The molecule has 1 saturated carbocycles. The van der Waals surface area contributed by atoms with Gasteiger partial charge in [0.15, 0.2) is 0 Å². The number of sulfonamides is 1. The second-order valence-corrected chi connectivity index (χ2v) is 10.1. The second kappa shape index (κ2) is 8.85. The Bertz CT molecular complexity index is 1230. The molecule has 1 heterocycles. The number of H-pyrrole nitrogens is 1. The van der Waals surface area contributed by atoms with Crippen molar-refractivity contribution in [3.63, 3.8) is 0 Å². The highest BCUT2D eigenvalue weighted by Gasteiger charge is 2.33. The highest BCUT2D eigenvalue weighted by molar-refractivity contribution is 7.89. The summed E-state index contributed by atoms with van der Waals surface area (Å²) in [6, 6.07) is 14.0. The molecular formula is C24H28N2O4S. The molecule has 0 aliphatic heterocycles. The van der Waals surface area contributed by atoms with E-state index in [2.05, 4.69) is 4.98 Å². The van der Waals surface area contributed by atoms with E-state index in [4.69, 9.17) is 4.74 Å². The minimum absolute atomic E-state index is 0.0450. The molecule has 0 amide bonds. The average molecular weight is 441 g/mol. The van der Waals surface area contributed by atoms with Crippen molar-refractivity contribution in [2.45, 2.75) is 56.5 Å². The molecule has 1 N–H and O–H groups in total. The van der Waals surface area contributed by atoms with Gasteiger partial charge < -0.3 is 9.72 Å². The van der Waals surface area contributed by atoms with Crippen molar-refractivity contribution in [2.75, 3.05) is 7.11 Å². The standard InChI is InChI=1S/C24H28N2O4S/c1-17-8-11-22(12-9-17)31(28,29)26(20-6-4-3-5-7-20)16-19-14-18-15-21(30-2)10-13-23(18)25-24(19)27/h8-15,20H,3-7,16H2,1-2H3,(H,25,27). The van der Waals surface area contributed by atoms with Crippen molar-refractivity contribution in [3.8, 4) is 5.75 Å². The normalized spacial score (nSPS) is 15.5. The van der Waals surface area contributed by atoms with Gasteiger partial charge in [-0.05, 0) is 56.2 Å². The number of pyridine rings is 1. The van der Waals surface area contributed by atoms with Gasteiger partial charge in [0, 0.05) is 29.1 Å². The maximum atomic E-state index is 13.6. The fourth-order valence-corrected chi connectivity index (χ4v) is 5.93. The molecule has 31 heavy (non-hydrogen) atoms. The zero-order valence-corrected chi connectivity index (χ0v) is 18.7. The van der Waals surface area contributed by atoms with Crippen LogP contribution in [0.3, 0.4) is 0 Å². The fraction of sp³-hybridized carbons (Fsp3) is 0.375. The quantitative estimate of drug-likeness (QED) is 0.617. The van der Waals surface area contributed by atoms with Gasteiger partial charge in [0.05, 0.1) is 12.0 Å². The van der Waals surface area contributed by atoms with E-state index >= 15 is 0 Å². The predicted molar refractivity (Wildman–Crippen MR) is 122 cm³/mol. The highest BCUT2D eigenvalue weighted by atomic mass is 32.2. The van der Waals surface area contributed by atoms with Gasteiger partial charge in [0.1, 0.15) is 5.75 Å². The summed E-state index contributed by atoms with van der Waals surface area (Å²) in [4.78, 5) is 16.0. The first kappa shape index (κ1) is 21.6. The monoisotopic (exact) mass is 440 g/mol. The molecule has 0 bridgehead atoms. The van der Waals surface area contributed by atoms with Crippen molar-refractivity contribution in [1.82, 2.24) is 9.29 Å². The number of aryl methyl sites for hydroxylation is 1. The lowest BCUT2D eigenvalue weighted by Gasteiger charge is -2.33. The molecule has 1 aliphatic carbocycles. The lowest BCUT2D eigenvalue weighted by atomic mass is 9.95. The Morgan fingerprint density at radius 1 is 1.03 bits per heavy atom. The number of nitrogens with zero attached hydrogens (tertiary/aromatic N) is 1. The van der Waals surface area contributed by atoms with Crippen LogP contribution in [-0.4, -0.2) is 30.9 Å². The van der Waals surface area contributed by atoms with Crippen LogP contribution >= 0.6 is 0 Å². The number of hydrogen-bond acceptors (Lipinski definition) is 4. The fourth-order valence-electron chi connectivity index (χ4n) is 4.27. The molecule has 0 spiro atoms. The van der Waals surface area contributed by atoms with Crippen LogP contribution in [0.2, 0.25) is 0 Å². The van der Waals surface area contributed by atoms with E-state index in [0.717, 1.165) is 43.1 Å². The van der Waals surface area contributed by atoms with Gasteiger partial charge in [-0.2, -0.15) is 4.31 Å². The van der Waals surface area contributed by atoms with Gasteiger partial charge in [0.25, 0.3) is 5.56 Å². The Morgan fingerprint density at radius 2 is 1.74 bits per heavy atom. The van der Waals surface area contributed by atoms with E-state index < -0.39 is 10.0 Å². The Morgan fingerprint density at radius 3 is 2.42 bits per heavy atom. The molecular weight excluding hydrogens is 412 g/mol. The number of aromatic nitrogens is 1. The highest BCUT2D eigenvalue weighted by Crippen LogP contribution is 2.30. The molecule has 6 nitrogen and oxygen atoms in total. The number of aromatic amines is 1. The van der Waals surface area contributed by atoms with Gasteiger partial charge in [-0.25, -0.2) is 8.42 Å². The molecule has 0 atom stereocenters. The van der Waals surface area contributed by atoms with Crippen molar-refractivity contribution in [1.29, 1.82) is 0 Å². The third kappa shape index (κ3) is 4.52. The summed E-state index contributed by atoms with van der Waals surface area (Å²) >= 11 is 0. The molecule has 164 valence electrons. The van der Waals surface area contributed by atoms with Crippen LogP contribution < -0.4 is 10.3 Å². The minimum Gasteiger partial charge on any atom is -0.497 e. The minimum atomic E-state index is -3.74. The van der Waals surface area contributed by atoms with Crippen LogP contribution in [0.1, 0.15) is 43.2 Å². The number of hydrogen-bond donors (Lipinski definition) is 1. The first-order valence-corrected chi connectivity index (χ1v) is 12.1. The third-order valence-corrected chi connectivity index (χ3v) is 7.98. The van der Waals surface area contributed by atoms with Crippen molar-refractivity contribution in [3.05, 3.63) is 70.0 Å². The SMILES string of the molecule is COc1ccc2[nH]c(=O)c(CN(C3CCCCC3)S(=O)(=O)c3ccc(C)cc3)cc2c1. The molecule has 3 aromatic rings. The average Bonchev–Trinajstić information content (AvgIpc) is 2.78.